The summed E-state index contributed by atoms with van der Waals surface area (Å²) in [4.78, 5) is 29.2. The van der Waals surface area contributed by atoms with Crippen LogP contribution in [0.2, 0.25) is 0 Å². The van der Waals surface area contributed by atoms with Crippen LogP contribution in [0.15, 0.2) is 54.6 Å². The van der Waals surface area contributed by atoms with Crippen LogP contribution in [0.25, 0.3) is 0 Å². The number of piperidine rings is 1. The molecular weight excluding hydrogens is 348 g/mol. The number of nitrogens with zero attached hydrogens (tertiary/aromatic N) is 2. The Kier molecular flexibility index (Phi) is 6.85. The zero-order valence-electron chi connectivity index (χ0n) is 16.9. The molecule has 1 aliphatic rings. The van der Waals surface area contributed by atoms with Gasteiger partial charge in [-0.3, -0.25) is 9.59 Å². The summed E-state index contributed by atoms with van der Waals surface area (Å²) in [5.41, 5.74) is 2.57. The van der Waals surface area contributed by atoms with Crippen LogP contribution in [0.3, 0.4) is 0 Å². The standard InChI is InChI=1S/C24H30N2O2/c1-3-25(4-2)23(27)21-11-8-12-22(18-21)24(28)26-15-13-20(14-16-26)17-19-9-6-5-7-10-19/h5-12,18,20H,3-4,13-17H2,1-2H3. The summed E-state index contributed by atoms with van der Waals surface area (Å²) in [7, 11) is 0. The van der Waals surface area contributed by atoms with Gasteiger partial charge in [-0.15, -0.1) is 0 Å². The predicted molar refractivity (Wildman–Crippen MR) is 112 cm³/mol. The third-order valence-corrected chi connectivity index (χ3v) is 5.68. The quantitative estimate of drug-likeness (QED) is 0.753. The van der Waals surface area contributed by atoms with Crippen molar-refractivity contribution in [3.63, 3.8) is 0 Å². The van der Waals surface area contributed by atoms with Crippen molar-refractivity contribution in [1.29, 1.82) is 0 Å². The van der Waals surface area contributed by atoms with E-state index in [1.807, 2.05) is 36.9 Å². The lowest BCUT2D eigenvalue weighted by Crippen LogP contribution is -2.39. The van der Waals surface area contributed by atoms with Crippen molar-refractivity contribution in [3.8, 4) is 0 Å². The first-order valence-corrected chi connectivity index (χ1v) is 10.3. The zero-order valence-corrected chi connectivity index (χ0v) is 16.9. The molecule has 1 saturated heterocycles. The van der Waals surface area contributed by atoms with Crippen molar-refractivity contribution >= 4 is 11.8 Å². The highest BCUT2D eigenvalue weighted by molar-refractivity contribution is 5.99. The van der Waals surface area contributed by atoms with Crippen LogP contribution in [-0.4, -0.2) is 47.8 Å². The minimum atomic E-state index is -0.0128. The third kappa shape index (κ3) is 4.80. The van der Waals surface area contributed by atoms with Crippen LogP contribution in [0, 0.1) is 5.92 Å². The number of rotatable bonds is 6. The first-order valence-electron chi connectivity index (χ1n) is 10.3. The summed E-state index contributed by atoms with van der Waals surface area (Å²) < 4.78 is 0. The SMILES string of the molecule is CCN(CC)C(=O)c1cccc(C(=O)N2CCC(Cc3ccccc3)CC2)c1. The van der Waals surface area contributed by atoms with Crippen molar-refractivity contribution in [2.75, 3.05) is 26.2 Å². The average Bonchev–Trinajstić information content (AvgIpc) is 2.75. The average molecular weight is 379 g/mol. The van der Waals surface area contributed by atoms with Gasteiger partial charge in [-0.1, -0.05) is 36.4 Å². The van der Waals surface area contributed by atoms with Gasteiger partial charge in [0.25, 0.3) is 11.8 Å². The monoisotopic (exact) mass is 378 g/mol. The maximum Gasteiger partial charge on any atom is 0.253 e. The maximum absolute atomic E-state index is 12.9. The molecule has 2 aromatic rings. The lowest BCUT2D eigenvalue weighted by atomic mass is 9.90. The number of likely N-dealkylation sites (tertiary alicyclic amines) is 1. The van der Waals surface area contributed by atoms with E-state index < -0.39 is 0 Å². The van der Waals surface area contributed by atoms with Crippen LogP contribution in [-0.2, 0) is 6.42 Å². The Bertz CT molecular complexity index is 791. The number of hydrogen-bond acceptors (Lipinski definition) is 2. The minimum Gasteiger partial charge on any atom is -0.339 e. The molecule has 0 bridgehead atoms. The second-order valence-electron chi connectivity index (χ2n) is 7.48. The van der Waals surface area contributed by atoms with E-state index >= 15 is 0 Å². The Morgan fingerprint density at radius 1 is 0.929 bits per heavy atom. The Balaban J connectivity index is 1.61. The van der Waals surface area contributed by atoms with Crippen LogP contribution in [0.5, 0.6) is 0 Å². The summed E-state index contributed by atoms with van der Waals surface area (Å²) in [6.07, 6.45) is 3.13. The number of carbonyl (C=O) groups is 2. The normalized spacial score (nSPS) is 14.7. The van der Waals surface area contributed by atoms with Gasteiger partial charge < -0.3 is 9.80 Å². The van der Waals surface area contributed by atoms with Crippen molar-refractivity contribution in [3.05, 3.63) is 71.3 Å². The molecule has 148 valence electrons. The molecule has 0 aliphatic carbocycles. The zero-order chi connectivity index (χ0) is 19.9. The summed E-state index contributed by atoms with van der Waals surface area (Å²) in [6, 6.07) is 17.7. The molecule has 0 N–H and O–H groups in total. The van der Waals surface area contributed by atoms with Gasteiger partial charge in [0, 0.05) is 37.3 Å². The van der Waals surface area contributed by atoms with E-state index in [0.717, 1.165) is 32.4 Å². The van der Waals surface area contributed by atoms with Crippen LogP contribution in [0.4, 0.5) is 0 Å². The van der Waals surface area contributed by atoms with Gasteiger partial charge in [0.2, 0.25) is 0 Å². The summed E-state index contributed by atoms with van der Waals surface area (Å²) in [6.45, 7) is 6.84. The highest BCUT2D eigenvalue weighted by Gasteiger charge is 2.24. The molecule has 1 fully saturated rings. The second kappa shape index (κ2) is 9.54. The number of benzene rings is 2. The van der Waals surface area contributed by atoms with E-state index in [9.17, 15) is 9.59 Å². The van der Waals surface area contributed by atoms with Gasteiger partial charge in [0.05, 0.1) is 0 Å². The Labute approximate surface area is 168 Å². The summed E-state index contributed by atoms with van der Waals surface area (Å²) in [5, 5.41) is 0. The smallest absolute Gasteiger partial charge is 0.253 e. The molecule has 0 unspecified atom stereocenters. The molecule has 3 rings (SSSR count). The van der Waals surface area contributed by atoms with Gasteiger partial charge in [-0.2, -0.15) is 0 Å². The lowest BCUT2D eigenvalue weighted by Gasteiger charge is -2.32. The van der Waals surface area contributed by atoms with Crippen molar-refractivity contribution in [2.45, 2.75) is 33.1 Å². The lowest BCUT2D eigenvalue weighted by molar-refractivity contribution is 0.0690. The fraction of sp³-hybridized carbons (Fsp3) is 0.417. The van der Waals surface area contributed by atoms with Crippen LogP contribution in [0.1, 0.15) is 53.0 Å². The summed E-state index contributed by atoms with van der Waals surface area (Å²) in [5.74, 6) is 0.649. The van der Waals surface area contributed by atoms with E-state index in [-0.39, 0.29) is 11.8 Å². The highest BCUT2D eigenvalue weighted by atomic mass is 16.2. The molecular formula is C24H30N2O2. The first kappa shape index (κ1) is 20.1. The molecule has 0 spiro atoms. The molecule has 28 heavy (non-hydrogen) atoms. The van der Waals surface area contributed by atoms with E-state index in [1.54, 1.807) is 17.0 Å². The number of amides is 2. The molecule has 0 atom stereocenters. The maximum atomic E-state index is 12.9. The molecule has 4 nitrogen and oxygen atoms in total. The second-order valence-corrected chi connectivity index (χ2v) is 7.48. The molecule has 1 aliphatic heterocycles. The molecule has 4 heteroatoms. The van der Waals surface area contributed by atoms with Crippen molar-refractivity contribution < 1.29 is 9.59 Å². The topological polar surface area (TPSA) is 40.6 Å². The van der Waals surface area contributed by atoms with Gasteiger partial charge >= 0.3 is 0 Å². The van der Waals surface area contributed by atoms with Gasteiger partial charge in [0.1, 0.15) is 0 Å². The Morgan fingerprint density at radius 2 is 1.57 bits per heavy atom. The van der Waals surface area contributed by atoms with E-state index in [4.69, 9.17) is 0 Å². The van der Waals surface area contributed by atoms with Crippen LogP contribution >= 0.6 is 0 Å². The van der Waals surface area contributed by atoms with Crippen molar-refractivity contribution in [2.24, 2.45) is 5.92 Å². The number of carbonyl (C=O) groups excluding carboxylic acids is 2. The predicted octanol–water partition coefficient (Wildman–Crippen LogP) is 4.26. The van der Waals surface area contributed by atoms with Gasteiger partial charge in [-0.25, -0.2) is 0 Å². The largest absolute Gasteiger partial charge is 0.339 e. The fourth-order valence-electron chi connectivity index (χ4n) is 3.95. The third-order valence-electron chi connectivity index (χ3n) is 5.68. The molecule has 2 aromatic carbocycles. The molecule has 0 aromatic heterocycles. The van der Waals surface area contributed by atoms with E-state index in [2.05, 4.69) is 24.3 Å². The van der Waals surface area contributed by atoms with E-state index in [1.165, 1.54) is 5.56 Å². The molecule has 1 heterocycles. The Morgan fingerprint density at radius 3 is 2.21 bits per heavy atom. The molecule has 0 radical (unpaired) electrons. The highest BCUT2D eigenvalue weighted by Crippen LogP contribution is 2.23. The summed E-state index contributed by atoms with van der Waals surface area (Å²) >= 11 is 0. The van der Waals surface area contributed by atoms with Crippen LogP contribution < -0.4 is 0 Å². The number of hydrogen-bond donors (Lipinski definition) is 0. The first-order chi connectivity index (χ1) is 13.6. The molecule has 0 saturated carbocycles. The molecule has 2 amide bonds. The van der Waals surface area contributed by atoms with E-state index in [0.29, 0.717) is 30.1 Å². The van der Waals surface area contributed by atoms with Gasteiger partial charge in [0.15, 0.2) is 0 Å². The van der Waals surface area contributed by atoms with Crippen molar-refractivity contribution in [1.82, 2.24) is 9.80 Å². The Hall–Kier alpha value is -2.62. The fourth-order valence-corrected chi connectivity index (χ4v) is 3.95. The van der Waals surface area contributed by atoms with Gasteiger partial charge in [-0.05, 0) is 62.8 Å². The minimum absolute atomic E-state index is 0.0128.